The molecule has 0 aliphatic carbocycles. The Hall–Kier alpha value is -1.88. The van der Waals surface area contributed by atoms with Crippen LogP contribution in [0.2, 0.25) is 0 Å². The van der Waals surface area contributed by atoms with E-state index in [9.17, 15) is 14.3 Å². The number of fused-ring (bicyclic) bond motifs is 3. The summed E-state index contributed by atoms with van der Waals surface area (Å²) >= 11 is 0. The van der Waals surface area contributed by atoms with Gasteiger partial charge in [-0.3, -0.25) is 4.79 Å². The van der Waals surface area contributed by atoms with Crippen molar-refractivity contribution in [3.63, 3.8) is 0 Å². The smallest absolute Gasteiger partial charge is 0.304 e. The van der Waals surface area contributed by atoms with Gasteiger partial charge in [0, 0.05) is 23.5 Å². The molecule has 1 aliphatic heterocycles. The van der Waals surface area contributed by atoms with Crippen LogP contribution in [0.25, 0.3) is 10.9 Å². The Labute approximate surface area is 134 Å². The van der Waals surface area contributed by atoms with E-state index in [2.05, 4.69) is 0 Å². The number of aliphatic carboxylic acids is 1. The van der Waals surface area contributed by atoms with Crippen LogP contribution in [0, 0.1) is 5.82 Å². The van der Waals surface area contributed by atoms with E-state index in [0.717, 1.165) is 23.0 Å². The molecular weight excluding hydrogens is 297 g/mol. The molecule has 3 rings (SSSR count). The third-order valence-corrected chi connectivity index (χ3v) is 5.23. The molecule has 0 radical (unpaired) electrons. The number of carboxylic acids is 1. The minimum atomic E-state index is -1.06. The minimum absolute atomic E-state index is 0.0489. The van der Waals surface area contributed by atoms with Gasteiger partial charge < -0.3 is 14.8 Å². The summed E-state index contributed by atoms with van der Waals surface area (Å²) in [4.78, 5) is 11.0. The Morgan fingerprint density at radius 1 is 1.35 bits per heavy atom. The zero-order valence-electron chi connectivity index (χ0n) is 13.5. The van der Waals surface area contributed by atoms with Gasteiger partial charge in [0.15, 0.2) is 0 Å². The summed E-state index contributed by atoms with van der Waals surface area (Å²) in [5.41, 5.74) is 1.23. The monoisotopic (exact) mass is 319 g/mol. The van der Waals surface area contributed by atoms with E-state index in [1.165, 1.54) is 12.1 Å². The van der Waals surface area contributed by atoms with Crippen molar-refractivity contribution in [2.75, 3.05) is 0 Å². The standard InChI is InChI=1S/C18H22FNO3/c1-3-18(23,4-2)14-8-12(19)9-16-13(14)10-15-11(7-17(21)22)5-6-20(15)16/h8-11,23H,3-7H2,1-2H3,(H,21,22). The van der Waals surface area contributed by atoms with Gasteiger partial charge in [-0.05, 0) is 43.0 Å². The fourth-order valence-electron chi connectivity index (χ4n) is 3.80. The summed E-state index contributed by atoms with van der Waals surface area (Å²) in [6.07, 6.45) is 1.84. The first-order valence-electron chi connectivity index (χ1n) is 8.17. The number of halogens is 1. The maximum absolute atomic E-state index is 14.1. The van der Waals surface area contributed by atoms with Crippen molar-refractivity contribution >= 4 is 16.9 Å². The number of aliphatic hydroxyl groups is 1. The predicted molar refractivity (Wildman–Crippen MR) is 86.0 cm³/mol. The van der Waals surface area contributed by atoms with E-state index in [1.54, 1.807) is 0 Å². The van der Waals surface area contributed by atoms with Gasteiger partial charge in [-0.2, -0.15) is 0 Å². The second-order valence-corrected chi connectivity index (χ2v) is 6.43. The van der Waals surface area contributed by atoms with Crippen molar-refractivity contribution in [3.8, 4) is 0 Å². The van der Waals surface area contributed by atoms with Crippen molar-refractivity contribution in [1.82, 2.24) is 4.57 Å². The molecule has 2 heterocycles. The van der Waals surface area contributed by atoms with Crippen molar-refractivity contribution < 1.29 is 19.4 Å². The second-order valence-electron chi connectivity index (χ2n) is 6.43. The highest BCUT2D eigenvalue weighted by molar-refractivity contribution is 5.86. The lowest BCUT2D eigenvalue weighted by atomic mass is 9.86. The first-order chi connectivity index (χ1) is 10.9. The molecule has 124 valence electrons. The average Bonchev–Trinajstić information content (AvgIpc) is 3.06. The highest BCUT2D eigenvalue weighted by atomic mass is 19.1. The van der Waals surface area contributed by atoms with Crippen molar-refractivity contribution in [1.29, 1.82) is 0 Å². The molecule has 1 aliphatic rings. The van der Waals surface area contributed by atoms with E-state index in [0.29, 0.717) is 24.9 Å². The fraction of sp³-hybridized carbons (Fsp3) is 0.500. The topological polar surface area (TPSA) is 62.5 Å². The lowest BCUT2D eigenvalue weighted by Crippen LogP contribution is -2.24. The van der Waals surface area contributed by atoms with Crippen LogP contribution >= 0.6 is 0 Å². The van der Waals surface area contributed by atoms with Gasteiger partial charge in [-0.1, -0.05) is 13.8 Å². The van der Waals surface area contributed by atoms with Crippen LogP contribution in [0.4, 0.5) is 4.39 Å². The second kappa shape index (κ2) is 5.64. The Bertz CT molecular complexity index is 761. The van der Waals surface area contributed by atoms with E-state index in [4.69, 9.17) is 5.11 Å². The Balaban J connectivity index is 2.20. The number of hydrogen-bond donors (Lipinski definition) is 2. The molecule has 0 amide bonds. The van der Waals surface area contributed by atoms with Crippen molar-refractivity contribution in [2.24, 2.45) is 0 Å². The Kier molecular flexibility index (Phi) is 3.92. The first-order valence-corrected chi connectivity index (χ1v) is 8.17. The van der Waals surface area contributed by atoms with Crippen LogP contribution < -0.4 is 0 Å². The predicted octanol–water partition coefficient (Wildman–Crippen LogP) is 3.75. The molecule has 23 heavy (non-hydrogen) atoms. The van der Waals surface area contributed by atoms with Gasteiger partial charge in [0.25, 0.3) is 0 Å². The summed E-state index contributed by atoms with van der Waals surface area (Å²) in [6, 6.07) is 4.84. The maximum atomic E-state index is 14.1. The normalized spacial score (nSPS) is 17.7. The summed E-state index contributed by atoms with van der Waals surface area (Å²) in [6.45, 7) is 4.46. The van der Waals surface area contributed by atoms with Gasteiger partial charge in [0.2, 0.25) is 0 Å². The molecule has 1 atom stereocenters. The average molecular weight is 319 g/mol. The minimum Gasteiger partial charge on any atom is -0.481 e. The maximum Gasteiger partial charge on any atom is 0.304 e. The van der Waals surface area contributed by atoms with Crippen LogP contribution in [-0.2, 0) is 16.9 Å². The molecule has 4 nitrogen and oxygen atoms in total. The molecule has 0 fully saturated rings. The number of rotatable bonds is 5. The summed E-state index contributed by atoms with van der Waals surface area (Å²) in [5, 5.41) is 20.8. The number of hydrogen-bond acceptors (Lipinski definition) is 2. The van der Waals surface area contributed by atoms with Gasteiger partial charge in [-0.15, -0.1) is 0 Å². The molecule has 2 N–H and O–H groups in total. The summed E-state index contributed by atoms with van der Waals surface area (Å²) in [7, 11) is 0. The number of carbonyl (C=O) groups is 1. The molecule has 1 unspecified atom stereocenters. The third-order valence-electron chi connectivity index (χ3n) is 5.23. The largest absolute Gasteiger partial charge is 0.481 e. The summed E-state index contributed by atoms with van der Waals surface area (Å²) in [5.74, 6) is -1.23. The molecule has 0 spiro atoms. The van der Waals surface area contributed by atoms with E-state index in [1.807, 2.05) is 24.5 Å². The lowest BCUT2D eigenvalue weighted by Gasteiger charge is -2.27. The zero-order valence-corrected chi connectivity index (χ0v) is 13.5. The molecule has 5 heteroatoms. The van der Waals surface area contributed by atoms with Gasteiger partial charge in [0.1, 0.15) is 5.82 Å². The van der Waals surface area contributed by atoms with E-state index >= 15 is 0 Å². The molecular formula is C18H22FNO3. The zero-order chi connectivity index (χ0) is 16.8. The number of aryl methyl sites for hydroxylation is 1. The van der Waals surface area contributed by atoms with Crippen LogP contribution in [0.5, 0.6) is 0 Å². The third kappa shape index (κ3) is 2.53. The van der Waals surface area contributed by atoms with Gasteiger partial charge >= 0.3 is 5.97 Å². The number of benzene rings is 1. The highest BCUT2D eigenvalue weighted by Gasteiger charge is 2.32. The molecule has 0 saturated carbocycles. The Morgan fingerprint density at radius 3 is 2.65 bits per heavy atom. The molecule has 1 aromatic carbocycles. The van der Waals surface area contributed by atoms with Crippen LogP contribution in [0.1, 0.15) is 56.7 Å². The first kappa shape index (κ1) is 16.0. The van der Waals surface area contributed by atoms with E-state index in [-0.39, 0.29) is 18.2 Å². The Morgan fingerprint density at radius 2 is 2.04 bits per heavy atom. The van der Waals surface area contributed by atoms with Crippen LogP contribution in [0.15, 0.2) is 18.2 Å². The van der Waals surface area contributed by atoms with Crippen LogP contribution in [-0.4, -0.2) is 20.7 Å². The van der Waals surface area contributed by atoms with Crippen molar-refractivity contribution in [3.05, 3.63) is 35.3 Å². The number of carboxylic acid groups (broad SMARTS) is 1. The van der Waals surface area contributed by atoms with Crippen LogP contribution in [0.3, 0.4) is 0 Å². The SMILES string of the molecule is CCC(O)(CC)c1cc(F)cc2c1cc1n2CCC1CC(=O)O. The number of aromatic nitrogens is 1. The van der Waals surface area contributed by atoms with Gasteiger partial charge in [0.05, 0.1) is 17.5 Å². The lowest BCUT2D eigenvalue weighted by molar-refractivity contribution is -0.137. The number of nitrogens with zero attached hydrogens (tertiary/aromatic N) is 1. The molecule has 0 bridgehead atoms. The molecule has 2 aromatic rings. The van der Waals surface area contributed by atoms with Gasteiger partial charge in [-0.25, -0.2) is 4.39 Å². The molecule has 0 saturated heterocycles. The van der Waals surface area contributed by atoms with E-state index < -0.39 is 11.6 Å². The fourth-order valence-corrected chi connectivity index (χ4v) is 3.80. The quantitative estimate of drug-likeness (QED) is 0.882. The molecule has 1 aromatic heterocycles. The van der Waals surface area contributed by atoms with Crippen molar-refractivity contribution in [2.45, 2.75) is 57.6 Å². The summed E-state index contributed by atoms with van der Waals surface area (Å²) < 4.78 is 16.1. The highest BCUT2D eigenvalue weighted by Crippen LogP contribution is 2.41.